The predicted molar refractivity (Wildman–Crippen MR) is 128 cm³/mol. The second-order valence-electron chi connectivity index (χ2n) is 6.47. The molecule has 7 heteroatoms. The van der Waals surface area contributed by atoms with Crippen molar-refractivity contribution in [1.29, 1.82) is 0 Å². The van der Waals surface area contributed by atoms with Crippen molar-refractivity contribution in [2.24, 2.45) is 0 Å². The molecule has 0 aliphatic heterocycles. The van der Waals surface area contributed by atoms with Gasteiger partial charge in [-0.1, -0.05) is 57.0 Å². The van der Waals surface area contributed by atoms with E-state index < -0.39 is 0 Å². The minimum atomic E-state index is 0.575. The van der Waals surface area contributed by atoms with Crippen molar-refractivity contribution in [3.8, 4) is 22.4 Å². The Morgan fingerprint density at radius 2 is 1.69 bits per heavy atom. The number of rotatable bonds is 4. The van der Waals surface area contributed by atoms with Gasteiger partial charge in [0.2, 0.25) is 5.95 Å². The number of nitrogens with two attached hydrogens (primary N) is 1. The first kappa shape index (κ1) is 21.1. The van der Waals surface area contributed by atoms with Crippen LogP contribution in [0.5, 0.6) is 0 Å². The lowest BCUT2D eigenvalue weighted by Crippen LogP contribution is -1.96. The maximum atomic E-state index is 6.26. The number of pyridine rings is 1. The van der Waals surface area contributed by atoms with Gasteiger partial charge >= 0.3 is 0 Å². The Bertz CT molecular complexity index is 1070. The maximum absolute atomic E-state index is 6.26. The number of anilines is 2. The highest BCUT2D eigenvalue weighted by Crippen LogP contribution is 2.42. The summed E-state index contributed by atoms with van der Waals surface area (Å²) in [5, 5.41) is 3.86. The number of unbranched alkanes of at least 4 members (excludes halogenated alkanes) is 1. The third-order valence-corrected chi connectivity index (χ3v) is 5.85. The molecule has 0 fully saturated rings. The number of benzene rings is 1. The Kier molecular flexibility index (Phi) is 7.06. The van der Waals surface area contributed by atoms with Crippen LogP contribution < -0.4 is 11.1 Å². The monoisotopic (exact) mass is 423 g/mol. The standard InChI is InChI=1S/C18H15N5S2.C4H10/c1-20-18-21-8-11(9-22-18)13-7-12(10-5-3-2-4-6-10)14-15(19)17(24)25-16(14)23-13;1-3-4-2/h2-9,24H,19H2,1H3,(H,20,21,22);3-4H2,1-2H3. The molecule has 0 unspecified atom stereocenters. The van der Waals surface area contributed by atoms with E-state index in [1.807, 2.05) is 24.3 Å². The Morgan fingerprint density at radius 1 is 1.03 bits per heavy atom. The second-order valence-corrected chi connectivity index (χ2v) is 8.22. The molecule has 0 spiro atoms. The summed E-state index contributed by atoms with van der Waals surface area (Å²) >= 11 is 5.96. The molecule has 0 aliphatic carbocycles. The van der Waals surface area contributed by atoms with Gasteiger partial charge in [-0.2, -0.15) is 0 Å². The number of aromatic nitrogens is 3. The van der Waals surface area contributed by atoms with Gasteiger partial charge in [-0.15, -0.1) is 24.0 Å². The van der Waals surface area contributed by atoms with Crippen LogP contribution in [-0.2, 0) is 0 Å². The van der Waals surface area contributed by atoms with Gasteiger partial charge in [0, 0.05) is 30.4 Å². The number of thiophene rings is 1. The summed E-state index contributed by atoms with van der Waals surface area (Å²) in [6.45, 7) is 4.36. The quantitative estimate of drug-likeness (QED) is 0.344. The van der Waals surface area contributed by atoms with Crippen molar-refractivity contribution >= 4 is 45.8 Å². The smallest absolute Gasteiger partial charge is 0.222 e. The Hall–Kier alpha value is -2.64. The average molecular weight is 424 g/mol. The molecular formula is C22H25N5S2. The lowest BCUT2D eigenvalue weighted by atomic mass is 10.0. The van der Waals surface area contributed by atoms with Crippen LogP contribution >= 0.6 is 24.0 Å². The number of hydrogen-bond donors (Lipinski definition) is 3. The van der Waals surface area contributed by atoms with Crippen LogP contribution in [0.4, 0.5) is 11.6 Å². The molecule has 1 aromatic carbocycles. The summed E-state index contributed by atoms with van der Waals surface area (Å²) in [7, 11) is 1.79. The first-order valence-electron chi connectivity index (χ1n) is 9.56. The van der Waals surface area contributed by atoms with E-state index in [4.69, 9.17) is 10.7 Å². The molecule has 150 valence electrons. The van der Waals surface area contributed by atoms with E-state index in [2.05, 4.69) is 53.9 Å². The number of nitrogen functional groups attached to an aromatic ring is 1. The van der Waals surface area contributed by atoms with Crippen molar-refractivity contribution in [2.75, 3.05) is 18.1 Å². The van der Waals surface area contributed by atoms with Gasteiger partial charge in [0.1, 0.15) is 4.83 Å². The number of nitrogens with one attached hydrogen (secondary N) is 1. The minimum Gasteiger partial charge on any atom is -0.397 e. The highest BCUT2D eigenvalue weighted by atomic mass is 32.2. The molecule has 0 radical (unpaired) electrons. The molecule has 29 heavy (non-hydrogen) atoms. The third kappa shape index (κ3) is 4.68. The fraction of sp³-hybridized carbons (Fsp3) is 0.227. The lowest BCUT2D eigenvalue weighted by Gasteiger charge is -2.08. The predicted octanol–water partition coefficient (Wildman–Crippen LogP) is 6.14. The molecule has 0 amide bonds. The molecule has 0 bridgehead atoms. The van der Waals surface area contributed by atoms with Gasteiger partial charge in [0.05, 0.1) is 15.6 Å². The van der Waals surface area contributed by atoms with E-state index in [0.717, 1.165) is 36.8 Å². The van der Waals surface area contributed by atoms with E-state index >= 15 is 0 Å². The largest absolute Gasteiger partial charge is 0.397 e. The third-order valence-electron chi connectivity index (χ3n) is 4.44. The van der Waals surface area contributed by atoms with E-state index in [9.17, 15) is 0 Å². The summed E-state index contributed by atoms with van der Waals surface area (Å²) in [6, 6.07) is 12.2. The van der Waals surface area contributed by atoms with E-state index in [-0.39, 0.29) is 0 Å². The molecular weight excluding hydrogens is 398 g/mol. The van der Waals surface area contributed by atoms with Crippen LogP contribution in [0.3, 0.4) is 0 Å². The molecule has 0 saturated carbocycles. The first-order valence-corrected chi connectivity index (χ1v) is 10.8. The fourth-order valence-electron chi connectivity index (χ4n) is 2.69. The molecule has 4 aromatic rings. The van der Waals surface area contributed by atoms with Crippen molar-refractivity contribution in [2.45, 2.75) is 30.9 Å². The van der Waals surface area contributed by atoms with Gasteiger partial charge in [-0.05, 0) is 17.2 Å². The highest BCUT2D eigenvalue weighted by molar-refractivity contribution is 7.83. The molecule has 4 rings (SSSR count). The van der Waals surface area contributed by atoms with Gasteiger partial charge in [0.25, 0.3) is 0 Å². The van der Waals surface area contributed by atoms with E-state index in [1.54, 1.807) is 19.4 Å². The Morgan fingerprint density at radius 3 is 2.28 bits per heavy atom. The van der Waals surface area contributed by atoms with Gasteiger partial charge in [-0.25, -0.2) is 15.0 Å². The zero-order valence-corrected chi connectivity index (χ0v) is 18.5. The molecule has 3 N–H and O–H groups in total. The van der Waals surface area contributed by atoms with Crippen LogP contribution in [0.2, 0.25) is 0 Å². The molecule has 0 atom stereocenters. The van der Waals surface area contributed by atoms with Crippen LogP contribution in [0.25, 0.3) is 32.6 Å². The van der Waals surface area contributed by atoms with Gasteiger partial charge in [0.15, 0.2) is 0 Å². The SMILES string of the molecule is CCCC.CNc1ncc(-c2cc(-c3ccccc3)c3c(N)c(S)sc3n2)cn1. The zero-order valence-electron chi connectivity index (χ0n) is 16.8. The Balaban J connectivity index is 0.000000552. The number of hydrogen-bond acceptors (Lipinski definition) is 7. The molecule has 5 nitrogen and oxygen atoms in total. The zero-order chi connectivity index (χ0) is 20.8. The fourth-order valence-corrected chi connectivity index (χ4v) is 3.92. The van der Waals surface area contributed by atoms with Crippen molar-refractivity contribution in [3.05, 3.63) is 48.8 Å². The van der Waals surface area contributed by atoms with Crippen molar-refractivity contribution in [1.82, 2.24) is 15.0 Å². The van der Waals surface area contributed by atoms with E-state index in [0.29, 0.717) is 11.6 Å². The average Bonchev–Trinajstić information content (AvgIpc) is 3.07. The summed E-state index contributed by atoms with van der Waals surface area (Å²) in [4.78, 5) is 14.2. The van der Waals surface area contributed by atoms with Crippen LogP contribution in [0, 0.1) is 0 Å². The first-order chi connectivity index (χ1) is 14.1. The number of fused-ring (bicyclic) bond motifs is 1. The maximum Gasteiger partial charge on any atom is 0.222 e. The molecule has 0 aliphatic rings. The molecule has 0 saturated heterocycles. The second kappa shape index (κ2) is 9.71. The van der Waals surface area contributed by atoms with Crippen molar-refractivity contribution < 1.29 is 0 Å². The number of nitrogens with zero attached hydrogens (tertiary/aromatic N) is 3. The van der Waals surface area contributed by atoms with E-state index in [1.165, 1.54) is 24.2 Å². The molecule has 3 aromatic heterocycles. The minimum absolute atomic E-state index is 0.575. The van der Waals surface area contributed by atoms with Gasteiger partial charge in [-0.3, -0.25) is 0 Å². The lowest BCUT2D eigenvalue weighted by molar-refractivity contribution is 0.886. The van der Waals surface area contributed by atoms with Gasteiger partial charge < -0.3 is 11.1 Å². The van der Waals surface area contributed by atoms with Crippen LogP contribution in [0.1, 0.15) is 26.7 Å². The van der Waals surface area contributed by atoms with Crippen molar-refractivity contribution in [3.63, 3.8) is 0 Å². The summed E-state index contributed by atoms with van der Waals surface area (Å²) < 4.78 is 0.776. The summed E-state index contributed by atoms with van der Waals surface area (Å²) in [6.07, 6.45) is 6.17. The topological polar surface area (TPSA) is 76.7 Å². The summed E-state index contributed by atoms with van der Waals surface area (Å²) in [5.41, 5.74) is 10.7. The summed E-state index contributed by atoms with van der Waals surface area (Å²) in [5.74, 6) is 0.575. The van der Waals surface area contributed by atoms with Crippen LogP contribution in [-0.4, -0.2) is 22.0 Å². The normalized spacial score (nSPS) is 10.5. The highest BCUT2D eigenvalue weighted by Gasteiger charge is 2.16. The Labute approximate surface area is 180 Å². The van der Waals surface area contributed by atoms with Crippen LogP contribution in [0.15, 0.2) is 53.0 Å². The molecule has 3 heterocycles. The number of thiol groups is 1.